The van der Waals surface area contributed by atoms with Crippen LogP contribution in [0.2, 0.25) is 10.0 Å². The van der Waals surface area contributed by atoms with Crippen molar-refractivity contribution in [2.24, 2.45) is 11.7 Å². The quantitative estimate of drug-likeness (QED) is 0.858. The fraction of sp³-hybridized carbons (Fsp3) is 0.533. The minimum absolute atomic E-state index is 0. The summed E-state index contributed by atoms with van der Waals surface area (Å²) in [6.45, 7) is 4.00. The van der Waals surface area contributed by atoms with Crippen molar-refractivity contribution in [3.05, 3.63) is 28.2 Å². The third kappa shape index (κ3) is 5.00. The summed E-state index contributed by atoms with van der Waals surface area (Å²) in [5, 5.41) is 3.84. The van der Waals surface area contributed by atoms with Crippen molar-refractivity contribution < 1.29 is 4.79 Å². The third-order valence-corrected chi connectivity index (χ3v) is 4.59. The Labute approximate surface area is 147 Å². The lowest BCUT2D eigenvalue weighted by Gasteiger charge is -2.38. The molecule has 0 spiro atoms. The van der Waals surface area contributed by atoms with Gasteiger partial charge in [0.05, 0.1) is 17.3 Å². The molecule has 1 fully saturated rings. The van der Waals surface area contributed by atoms with Gasteiger partial charge in [0.15, 0.2) is 0 Å². The van der Waals surface area contributed by atoms with Gasteiger partial charge in [0, 0.05) is 17.6 Å². The summed E-state index contributed by atoms with van der Waals surface area (Å²) in [6, 6.07) is 5.28. The van der Waals surface area contributed by atoms with Crippen molar-refractivity contribution in [1.29, 1.82) is 0 Å². The summed E-state index contributed by atoms with van der Waals surface area (Å²) in [4.78, 5) is 14.4. The van der Waals surface area contributed by atoms with Gasteiger partial charge < -0.3 is 11.1 Å². The zero-order chi connectivity index (χ0) is 15.4. The molecule has 0 saturated carbocycles. The minimum atomic E-state index is -0.0910. The summed E-state index contributed by atoms with van der Waals surface area (Å²) < 4.78 is 0. The van der Waals surface area contributed by atoms with E-state index in [1.807, 2.05) is 0 Å². The number of rotatable bonds is 4. The van der Waals surface area contributed by atoms with Crippen LogP contribution in [0, 0.1) is 5.92 Å². The molecule has 4 nitrogen and oxygen atoms in total. The van der Waals surface area contributed by atoms with Crippen LogP contribution in [0.5, 0.6) is 0 Å². The molecule has 22 heavy (non-hydrogen) atoms. The van der Waals surface area contributed by atoms with Crippen molar-refractivity contribution in [3.63, 3.8) is 0 Å². The molecule has 1 amide bonds. The number of nitrogens with one attached hydrogen (secondary N) is 1. The smallest absolute Gasteiger partial charge is 0.238 e. The van der Waals surface area contributed by atoms with E-state index in [2.05, 4.69) is 17.1 Å². The fourth-order valence-corrected chi connectivity index (χ4v) is 3.22. The van der Waals surface area contributed by atoms with Crippen molar-refractivity contribution in [1.82, 2.24) is 4.90 Å². The maximum atomic E-state index is 12.2. The van der Waals surface area contributed by atoms with Crippen LogP contribution < -0.4 is 11.1 Å². The molecular formula is C15H22Cl3N3O. The van der Waals surface area contributed by atoms with Gasteiger partial charge >= 0.3 is 0 Å². The molecule has 1 aromatic carbocycles. The monoisotopic (exact) mass is 365 g/mol. The number of amides is 1. The molecule has 124 valence electrons. The standard InChI is InChI=1S/C15H21Cl2N3O.ClH/c1-10-3-2-6-20(14(10)8-18)9-15(21)19-13-7-11(16)4-5-12(13)17;/h4-5,7,10,14H,2-3,6,8-9,18H2,1H3,(H,19,21);1H. The van der Waals surface area contributed by atoms with Crippen LogP contribution in [0.15, 0.2) is 18.2 Å². The molecule has 1 aromatic rings. The van der Waals surface area contributed by atoms with Crippen molar-refractivity contribution in [2.75, 3.05) is 25.0 Å². The molecule has 1 aliphatic heterocycles. The summed E-state index contributed by atoms with van der Waals surface area (Å²) in [7, 11) is 0. The van der Waals surface area contributed by atoms with E-state index >= 15 is 0 Å². The molecule has 2 unspecified atom stereocenters. The maximum Gasteiger partial charge on any atom is 0.238 e. The minimum Gasteiger partial charge on any atom is -0.329 e. The lowest BCUT2D eigenvalue weighted by Crippen LogP contribution is -2.51. The summed E-state index contributed by atoms with van der Waals surface area (Å²) in [5.41, 5.74) is 6.39. The Morgan fingerprint density at radius 2 is 2.18 bits per heavy atom. The number of hydrogen-bond donors (Lipinski definition) is 2. The second-order valence-electron chi connectivity index (χ2n) is 5.57. The van der Waals surface area contributed by atoms with Crippen LogP contribution >= 0.6 is 35.6 Å². The lowest BCUT2D eigenvalue weighted by atomic mass is 9.91. The summed E-state index contributed by atoms with van der Waals surface area (Å²) in [6.07, 6.45) is 2.27. The predicted octanol–water partition coefficient (Wildman–Crippen LogP) is 3.41. The SMILES string of the molecule is CC1CCCN(CC(=O)Nc2cc(Cl)ccc2Cl)C1CN.Cl. The molecular weight excluding hydrogens is 345 g/mol. The average Bonchev–Trinajstić information content (AvgIpc) is 2.43. The van der Waals surface area contributed by atoms with Crippen LogP contribution in [-0.2, 0) is 4.79 Å². The van der Waals surface area contributed by atoms with Crippen LogP contribution in [-0.4, -0.2) is 36.5 Å². The topological polar surface area (TPSA) is 58.4 Å². The van der Waals surface area contributed by atoms with Crippen LogP contribution in [0.25, 0.3) is 0 Å². The molecule has 0 bridgehead atoms. The molecule has 1 saturated heterocycles. The van der Waals surface area contributed by atoms with Crippen molar-refractivity contribution >= 4 is 47.2 Å². The Bertz CT molecular complexity index is 513. The first-order valence-corrected chi connectivity index (χ1v) is 7.96. The van der Waals surface area contributed by atoms with E-state index in [0.717, 1.165) is 13.0 Å². The number of halogens is 3. The summed E-state index contributed by atoms with van der Waals surface area (Å²) in [5.74, 6) is 0.429. The number of anilines is 1. The second kappa shape index (κ2) is 8.94. The Morgan fingerprint density at radius 1 is 1.45 bits per heavy atom. The number of likely N-dealkylation sites (tertiary alicyclic amines) is 1. The second-order valence-corrected chi connectivity index (χ2v) is 6.41. The van der Waals surface area contributed by atoms with Gasteiger partial charge in [-0.2, -0.15) is 0 Å². The van der Waals surface area contributed by atoms with Gasteiger partial charge in [0.2, 0.25) is 5.91 Å². The van der Waals surface area contributed by atoms with Gasteiger partial charge in [0.1, 0.15) is 0 Å². The highest BCUT2D eigenvalue weighted by molar-refractivity contribution is 6.35. The normalized spacial score (nSPS) is 22.0. The Morgan fingerprint density at radius 3 is 2.86 bits per heavy atom. The molecule has 2 rings (SSSR count). The fourth-order valence-electron chi connectivity index (χ4n) is 2.88. The van der Waals surface area contributed by atoms with Crippen LogP contribution in [0.1, 0.15) is 19.8 Å². The van der Waals surface area contributed by atoms with E-state index < -0.39 is 0 Å². The number of benzene rings is 1. The first-order chi connectivity index (χ1) is 10.0. The van der Waals surface area contributed by atoms with E-state index in [0.29, 0.717) is 34.7 Å². The number of piperidine rings is 1. The van der Waals surface area contributed by atoms with E-state index in [1.165, 1.54) is 6.42 Å². The van der Waals surface area contributed by atoms with E-state index in [-0.39, 0.29) is 24.4 Å². The Balaban J connectivity index is 0.00000242. The number of carbonyl (C=O) groups excluding carboxylic acids is 1. The van der Waals surface area contributed by atoms with Crippen molar-refractivity contribution in [2.45, 2.75) is 25.8 Å². The number of hydrogen-bond acceptors (Lipinski definition) is 3. The van der Waals surface area contributed by atoms with E-state index in [4.69, 9.17) is 28.9 Å². The molecule has 1 heterocycles. The largest absolute Gasteiger partial charge is 0.329 e. The van der Waals surface area contributed by atoms with Gasteiger partial charge in [0.25, 0.3) is 0 Å². The molecule has 7 heteroatoms. The van der Waals surface area contributed by atoms with Gasteiger partial charge in [-0.3, -0.25) is 9.69 Å². The first kappa shape index (κ1) is 19.5. The molecule has 2 atom stereocenters. The van der Waals surface area contributed by atoms with Gasteiger partial charge in [-0.1, -0.05) is 30.1 Å². The number of carbonyl (C=O) groups is 1. The predicted molar refractivity (Wildman–Crippen MR) is 95.2 cm³/mol. The average molecular weight is 367 g/mol. The number of nitrogens with two attached hydrogens (primary N) is 1. The zero-order valence-electron chi connectivity index (χ0n) is 12.5. The van der Waals surface area contributed by atoms with E-state index in [9.17, 15) is 4.79 Å². The molecule has 0 radical (unpaired) electrons. The highest BCUT2D eigenvalue weighted by Crippen LogP contribution is 2.26. The van der Waals surface area contributed by atoms with E-state index in [1.54, 1.807) is 18.2 Å². The Kier molecular flexibility index (Phi) is 7.94. The first-order valence-electron chi connectivity index (χ1n) is 7.20. The molecule has 0 aliphatic carbocycles. The molecule has 1 aliphatic rings. The zero-order valence-corrected chi connectivity index (χ0v) is 14.8. The highest BCUT2D eigenvalue weighted by atomic mass is 35.5. The van der Waals surface area contributed by atoms with Crippen LogP contribution in [0.4, 0.5) is 5.69 Å². The number of nitrogens with zero attached hydrogens (tertiary/aromatic N) is 1. The lowest BCUT2D eigenvalue weighted by molar-refractivity contribution is -0.118. The van der Waals surface area contributed by atoms with Crippen molar-refractivity contribution in [3.8, 4) is 0 Å². The third-order valence-electron chi connectivity index (χ3n) is 4.02. The highest BCUT2D eigenvalue weighted by Gasteiger charge is 2.28. The van der Waals surface area contributed by atoms with Gasteiger partial charge in [-0.15, -0.1) is 12.4 Å². The Hall–Kier alpha value is -0.520. The molecule has 0 aromatic heterocycles. The molecule has 3 N–H and O–H groups in total. The maximum absolute atomic E-state index is 12.2. The van der Waals surface area contributed by atoms with Crippen LogP contribution in [0.3, 0.4) is 0 Å². The van der Waals surface area contributed by atoms with Gasteiger partial charge in [-0.05, 0) is 43.5 Å². The summed E-state index contributed by atoms with van der Waals surface area (Å²) >= 11 is 12.0. The van der Waals surface area contributed by atoms with Gasteiger partial charge in [-0.25, -0.2) is 0 Å².